The van der Waals surface area contributed by atoms with Crippen LogP contribution in [0, 0.1) is 0 Å². The highest BCUT2D eigenvalue weighted by Gasteiger charge is 2.37. The predicted octanol–water partition coefficient (Wildman–Crippen LogP) is -2.07. The lowest BCUT2D eigenvalue weighted by atomic mass is 15.8. The highest BCUT2D eigenvalue weighted by atomic mass is 33.2. The molecule has 0 heterocycles. The van der Waals surface area contributed by atoms with Crippen molar-refractivity contribution in [2.75, 3.05) is 0 Å². The van der Waals surface area contributed by atoms with Crippen LogP contribution in [0.4, 0.5) is 0 Å². The molecule has 0 spiro atoms. The summed E-state index contributed by atoms with van der Waals surface area (Å²) in [5.41, 5.74) is 0. The monoisotopic (exact) mass is 324 g/mol. The van der Waals surface area contributed by atoms with E-state index < -0.39 is 32.9 Å². The van der Waals surface area contributed by atoms with Crippen LogP contribution < -0.4 is 0 Å². The molecule has 0 aromatic heterocycles. The molecule has 0 saturated heterocycles. The van der Waals surface area contributed by atoms with Crippen LogP contribution in [0.2, 0.25) is 0 Å². The Hall–Kier alpha value is 0.120. The van der Waals surface area contributed by atoms with Gasteiger partial charge in [0.25, 0.3) is 0 Å². The SMILES string of the molecule is O=P(O)(O)P(=O)(O)O.O=S(=O)(O)S(=O)(=O)O. The third kappa shape index (κ3) is 7.40. The van der Waals surface area contributed by atoms with Gasteiger partial charge in [0.2, 0.25) is 0 Å². The lowest BCUT2D eigenvalue weighted by Crippen LogP contribution is -2.11. The summed E-state index contributed by atoms with van der Waals surface area (Å²) in [6, 6.07) is 0. The highest BCUT2D eigenvalue weighted by Crippen LogP contribution is 2.71. The second-order valence-electron chi connectivity index (χ2n) is 1.88. The van der Waals surface area contributed by atoms with Crippen LogP contribution in [-0.4, -0.2) is 45.5 Å². The molecule has 0 aromatic rings. The standard InChI is InChI=1S/H4O6P2.H2O6S2/c2*1-7(2,3)8(4,5)6/h(H2,1,2,3)(H2,4,5,6);(H,1,2,3)(H,4,5,6). The first kappa shape index (κ1) is 18.5. The maximum atomic E-state index is 9.58. The second-order valence-corrected chi connectivity index (χ2v) is 11.3. The van der Waals surface area contributed by atoms with Gasteiger partial charge in [0, 0.05) is 0 Å². The minimum absolute atomic E-state index is 5.18. The average molecular weight is 324 g/mol. The van der Waals surface area contributed by atoms with Gasteiger partial charge in [0.15, 0.2) is 0 Å². The second kappa shape index (κ2) is 5.18. The van der Waals surface area contributed by atoms with Crippen LogP contribution in [0.25, 0.3) is 0 Å². The minimum atomic E-state index is -5.31. The van der Waals surface area contributed by atoms with Gasteiger partial charge in [-0.2, -0.15) is 16.8 Å². The molecular formula is H6O12P2S2. The van der Waals surface area contributed by atoms with Crippen LogP contribution >= 0.6 is 14.6 Å². The Labute approximate surface area is 88.0 Å². The van der Waals surface area contributed by atoms with E-state index in [0.717, 1.165) is 0 Å². The van der Waals surface area contributed by atoms with E-state index in [4.69, 9.17) is 28.7 Å². The summed E-state index contributed by atoms with van der Waals surface area (Å²) in [7, 11) is -21.0. The summed E-state index contributed by atoms with van der Waals surface area (Å²) in [5, 5.41) is 0. The topological polar surface area (TPSA) is 224 Å². The van der Waals surface area contributed by atoms with E-state index in [1.165, 1.54) is 0 Å². The molecule has 0 aromatic carbocycles. The van der Waals surface area contributed by atoms with Crippen molar-refractivity contribution in [3.8, 4) is 0 Å². The summed E-state index contributed by atoms with van der Waals surface area (Å²) in [6.07, 6.45) is 0. The molecule has 16 heavy (non-hydrogen) atoms. The zero-order valence-corrected chi connectivity index (χ0v) is 10.3. The van der Waals surface area contributed by atoms with Gasteiger partial charge in [0.05, 0.1) is 0 Å². The van der Waals surface area contributed by atoms with Crippen molar-refractivity contribution in [3.05, 3.63) is 0 Å². The van der Waals surface area contributed by atoms with Gasteiger partial charge in [-0.05, 0) is 0 Å². The third-order valence-corrected chi connectivity index (χ3v) is 5.45. The molecule has 0 bridgehead atoms. The highest BCUT2D eigenvalue weighted by molar-refractivity contribution is 8.62. The van der Waals surface area contributed by atoms with Gasteiger partial charge in [0.1, 0.15) is 0 Å². The maximum absolute atomic E-state index is 9.58. The maximum Gasteiger partial charge on any atom is 0.435 e. The van der Waals surface area contributed by atoms with Crippen molar-refractivity contribution in [2.45, 2.75) is 0 Å². The molecular weight excluding hydrogens is 318 g/mol. The van der Waals surface area contributed by atoms with Crippen LogP contribution in [0.3, 0.4) is 0 Å². The lowest BCUT2D eigenvalue weighted by Gasteiger charge is -2.02. The number of hydrogen-bond donors (Lipinski definition) is 6. The molecule has 0 rings (SSSR count). The summed E-state index contributed by atoms with van der Waals surface area (Å²) >= 11 is 0. The predicted molar refractivity (Wildman–Crippen MR) is 47.2 cm³/mol. The van der Waals surface area contributed by atoms with Gasteiger partial charge in [-0.25, -0.2) is 9.13 Å². The molecule has 0 saturated carbocycles. The fraction of sp³-hybridized carbons (Fsp3) is 0. The van der Waals surface area contributed by atoms with Crippen LogP contribution in [0.15, 0.2) is 0 Å². The van der Waals surface area contributed by atoms with Gasteiger partial charge >= 0.3 is 32.9 Å². The Balaban J connectivity index is 0. The first-order valence-corrected chi connectivity index (χ1v) is 9.89. The van der Waals surface area contributed by atoms with Crippen molar-refractivity contribution in [2.24, 2.45) is 0 Å². The minimum Gasteiger partial charge on any atom is -0.316 e. The quantitative estimate of drug-likeness (QED) is 0.183. The first-order chi connectivity index (χ1) is 6.50. The third-order valence-electron chi connectivity index (χ3n) is 0.606. The fourth-order valence-electron chi connectivity index (χ4n) is 0. The zero-order chi connectivity index (χ0) is 14.0. The molecule has 12 nitrogen and oxygen atoms in total. The molecule has 0 radical (unpaired) electrons. The normalized spacial score (nSPS) is 13.9. The molecule has 0 aliphatic rings. The Morgan fingerprint density at radius 1 is 0.625 bits per heavy atom. The number of hydrogen-bond acceptors (Lipinski definition) is 6. The largest absolute Gasteiger partial charge is 0.435 e. The van der Waals surface area contributed by atoms with E-state index in [0.29, 0.717) is 0 Å². The van der Waals surface area contributed by atoms with Crippen LogP contribution in [0.5, 0.6) is 0 Å². The molecule has 0 unspecified atom stereocenters. The molecule has 0 fully saturated rings. The van der Waals surface area contributed by atoms with E-state index >= 15 is 0 Å². The Kier molecular flexibility index (Phi) is 5.99. The van der Waals surface area contributed by atoms with Gasteiger partial charge in [-0.1, -0.05) is 0 Å². The summed E-state index contributed by atoms with van der Waals surface area (Å²) in [4.78, 5) is 30.8. The lowest BCUT2D eigenvalue weighted by molar-refractivity contribution is 0.340. The van der Waals surface area contributed by atoms with Crippen molar-refractivity contribution < 1.29 is 54.6 Å². The van der Waals surface area contributed by atoms with Crippen molar-refractivity contribution in [1.82, 2.24) is 0 Å². The van der Waals surface area contributed by atoms with Gasteiger partial charge in [-0.3, -0.25) is 9.11 Å². The molecule has 100 valence electrons. The molecule has 6 N–H and O–H groups in total. The Morgan fingerprint density at radius 3 is 0.750 bits per heavy atom. The fourth-order valence-corrected chi connectivity index (χ4v) is 0. The van der Waals surface area contributed by atoms with Crippen LogP contribution in [0.1, 0.15) is 0 Å². The Morgan fingerprint density at radius 2 is 0.750 bits per heavy atom. The zero-order valence-electron chi connectivity index (χ0n) is 6.84. The van der Waals surface area contributed by atoms with E-state index in [1.54, 1.807) is 0 Å². The smallest absolute Gasteiger partial charge is 0.316 e. The summed E-state index contributed by atoms with van der Waals surface area (Å²) in [5.74, 6) is 0. The van der Waals surface area contributed by atoms with Crippen LogP contribution in [-0.2, 0) is 27.4 Å². The van der Waals surface area contributed by atoms with Crippen molar-refractivity contribution in [1.29, 1.82) is 0 Å². The summed E-state index contributed by atoms with van der Waals surface area (Å²) in [6.45, 7) is 0. The van der Waals surface area contributed by atoms with E-state index in [1.807, 2.05) is 0 Å². The van der Waals surface area contributed by atoms with E-state index in [2.05, 4.69) is 0 Å². The molecule has 0 aliphatic heterocycles. The first-order valence-electron chi connectivity index (χ1n) is 2.56. The number of rotatable bonds is 2. The molecule has 0 amide bonds. The summed E-state index contributed by atoms with van der Waals surface area (Å²) < 4.78 is 71.6. The van der Waals surface area contributed by atoms with E-state index in [-0.39, 0.29) is 0 Å². The molecule has 0 aliphatic carbocycles. The van der Waals surface area contributed by atoms with Crippen molar-refractivity contribution in [3.63, 3.8) is 0 Å². The van der Waals surface area contributed by atoms with Gasteiger partial charge in [-0.15, -0.1) is 0 Å². The van der Waals surface area contributed by atoms with Gasteiger partial charge < -0.3 is 19.6 Å². The van der Waals surface area contributed by atoms with Crippen molar-refractivity contribution >= 4 is 32.9 Å². The molecule has 16 heteroatoms. The van der Waals surface area contributed by atoms with E-state index in [9.17, 15) is 26.0 Å². The Bertz CT molecular complexity index is 455. The molecule has 0 atom stereocenters. The average Bonchev–Trinajstić information content (AvgIpc) is 1.77.